The summed E-state index contributed by atoms with van der Waals surface area (Å²) in [5.74, 6) is 0.874. The fourth-order valence-electron chi connectivity index (χ4n) is 2.58. The first-order valence-corrected chi connectivity index (χ1v) is 7.13. The van der Waals surface area contributed by atoms with E-state index < -0.39 is 6.37 Å². The summed E-state index contributed by atoms with van der Waals surface area (Å²) in [6.45, 7) is 4.68. The molecule has 3 atom stereocenters. The van der Waals surface area contributed by atoms with E-state index in [1.165, 1.54) is 0 Å². The van der Waals surface area contributed by atoms with Crippen LogP contribution in [0.15, 0.2) is 24.3 Å². The van der Waals surface area contributed by atoms with Crippen molar-refractivity contribution in [3.63, 3.8) is 0 Å². The normalized spacial score (nSPS) is 33.2. The van der Waals surface area contributed by atoms with Gasteiger partial charge in [-0.05, 0) is 62.1 Å². The van der Waals surface area contributed by atoms with Crippen molar-refractivity contribution in [3.05, 3.63) is 29.8 Å². The van der Waals surface area contributed by atoms with Gasteiger partial charge in [-0.15, -0.1) is 0 Å². The highest BCUT2D eigenvalue weighted by molar-refractivity contribution is 5.29. The van der Waals surface area contributed by atoms with Crippen LogP contribution in [0.4, 0.5) is 0 Å². The maximum absolute atomic E-state index is 8.33. The molecule has 0 bridgehead atoms. The Labute approximate surface area is 116 Å². The predicted octanol–water partition coefficient (Wildman–Crippen LogP) is 5.16. The molecule has 1 aliphatic carbocycles. The molecule has 1 aliphatic rings. The molecule has 2 rings (SSSR count). The lowest BCUT2D eigenvalue weighted by molar-refractivity contribution is 0.308. The van der Waals surface area contributed by atoms with Gasteiger partial charge in [-0.25, -0.2) is 0 Å². The van der Waals surface area contributed by atoms with Gasteiger partial charge in [0.25, 0.3) is 0 Å². The average Bonchev–Trinajstić information content (AvgIpc) is 2.43. The molecule has 0 radical (unpaired) electrons. The van der Waals surface area contributed by atoms with Gasteiger partial charge in [0.1, 0.15) is 5.75 Å². The highest BCUT2D eigenvalue weighted by Gasteiger charge is 2.21. The van der Waals surface area contributed by atoms with Crippen LogP contribution in [0.5, 0.6) is 5.75 Å². The van der Waals surface area contributed by atoms with E-state index in [1.54, 1.807) is 0 Å². The first-order valence-electron chi connectivity index (χ1n) is 8.70. The Bertz CT molecular complexity index is 444. The second kappa shape index (κ2) is 6.82. The Morgan fingerprint density at radius 3 is 2.61 bits per heavy atom. The molecule has 1 nitrogen and oxygen atoms in total. The van der Waals surface area contributed by atoms with Crippen LogP contribution in [0.1, 0.15) is 67.9 Å². The van der Waals surface area contributed by atoms with Gasteiger partial charge in [0.15, 0.2) is 0 Å². The molecule has 0 saturated heterocycles. The van der Waals surface area contributed by atoms with Gasteiger partial charge in [0, 0.05) is 4.11 Å². The first kappa shape index (κ1) is 9.89. The van der Waals surface area contributed by atoms with Crippen molar-refractivity contribution in [3.8, 4) is 5.75 Å². The SMILES string of the molecule is [2H][C@H]1CC(c2ccc(OCC)cc2)CC([2H])([2H])[C@@H]1CCC. The largest absolute Gasteiger partial charge is 0.494 e. The Morgan fingerprint density at radius 2 is 2.00 bits per heavy atom. The zero-order chi connectivity index (χ0) is 15.5. The fraction of sp³-hybridized carbons (Fsp3) is 0.647. The Hall–Kier alpha value is -0.980. The standard InChI is InChI=1S/C17H26O/c1-3-5-14-6-8-15(9-7-14)16-10-12-17(13-11-16)18-4-2/h10-15H,3-9H2,1-2H3/t14-,15?/i6D,7D2/t6-,14+,15?/m0/s1. The molecule has 1 unspecified atom stereocenters. The second-order valence-electron chi connectivity index (χ2n) is 4.97. The van der Waals surface area contributed by atoms with Gasteiger partial charge < -0.3 is 4.74 Å². The van der Waals surface area contributed by atoms with E-state index in [1.807, 2.05) is 31.2 Å². The fourth-order valence-corrected chi connectivity index (χ4v) is 2.58. The van der Waals surface area contributed by atoms with Crippen molar-refractivity contribution in [1.29, 1.82) is 0 Å². The molecule has 0 aromatic heterocycles. The van der Waals surface area contributed by atoms with Crippen LogP contribution in [0, 0.1) is 5.92 Å². The lowest BCUT2D eigenvalue weighted by atomic mass is 9.77. The van der Waals surface area contributed by atoms with Gasteiger partial charge in [-0.2, -0.15) is 0 Å². The molecule has 1 fully saturated rings. The molecule has 0 aliphatic heterocycles. The summed E-state index contributed by atoms with van der Waals surface area (Å²) < 4.78 is 30.4. The molecular weight excluding hydrogens is 220 g/mol. The van der Waals surface area contributed by atoms with Crippen molar-refractivity contribution in [2.75, 3.05) is 6.61 Å². The number of ether oxygens (including phenoxy) is 1. The zero-order valence-corrected chi connectivity index (χ0v) is 11.5. The van der Waals surface area contributed by atoms with Crippen LogP contribution < -0.4 is 4.74 Å². The van der Waals surface area contributed by atoms with Crippen LogP contribution in [0.3, 0.4) is 0 Å². The van der Waals surface area contributed by atoms with Crippen LogP contribution in [0.2, 0.25) is 0 Å². The Balaban J connectivity index is 2.11. The third-order valence-electron chi connectivity index (χ3n) is 3.59. The quantitative estimate of drug-likeness (QED) is 0.700. The summed E-state index contributed by atoms with van der Waals surface area (Å²) in [4.78, 5) is 0. The van der Waals surface area contributed by atoms with E-state index >= 15 is 0 Å². The molecule has 1 aromatic carbocycles. The van der Waals surface area contributed by atoms with E-state index in [0.717, 1.165) is 30.6 Å². The summed E-state index contributed by atoms with van der Waals surface area (Å²) in [6, 6.07) is 7.95. The lowest BCUT2D eigenvalue weighted by Gasteiger charge is -2.28. The molecule has 0 spiro atoms. The van der Waals surface area contributed by atoms with Crippen molar-refractivity contribution >= 4 is 0 Å². The molecule has 0 amide bonds. The monoisotopic (exact) mass is 249 g/mol. The number of benzene rings is 1. The molecule has 100 valence electrons. The van der Waals surface area contributed by atoms with E-state index in [9.17, 15) is 0 Å². The molecule has 1 heteroatoms. The van der Waals surface area contributed by atoms with E-state index in [4.69, 9.17) is 8.85 Å². The zero-order valence-electron chi connectivity index (χ0n) is 14.5. The van der Waals surface area contributed by atoms with Crippen LogP contribution in [0.25, 0.3) is 0 Å². The molecule has 0 heterocycles. The average molecular weight is 249 g/mol. The third-order valence-corrected chi connectivity index (χ3v) is 3.59. The number of hydrogen-bond acceptors (Lipinski definition) is 1. The molecule has 1 saturated carbocycles. The maximum atomic E-state index is 8.33. The van der Waals surface area contributed by atoms with Crippen LogP contribution in [-0.2, 0) is 0 Å². The topological polar surface area (TPSA) is 9.23 Å². The smallest absolute Gasteiger partial charge is 0.119 e. The Morgan fingerprint density at radius 1 is 1.22 bits per heavy atom. The summed E-state index contributed by atoms with van der Waals surface area (Å²) >= 11 is 0. The third kappa shape index (κ3) is 3.51. The van der Waals surface area contributed by atoms with Gasteiger partial charge in [-0.3, -0.25) is 0 Å². The van der Waals surface area contributed by atoms with Gasteiger partial charge >= 0.3 is 0 Å². The maximum Gasteiger partial charge on any atom is 0.119 e. The van der Waals surface area contributed by atoms with Crippen molar-refractivity contribution in [2.45, 2.75) is 58.2 Å². The molecular formula is C17H26O. The van der Waals surface area contributed by atoms with Crippen molar-refractivity contribution in [2.24, 2.45) is 5.92 Å². The Kier molecular flexibility index (Phi) is 3.75. The van der Waals surface area contributed by atoms with Crippen LogP contribution >= 0.6 is 0 Å². The predicted molar refractivity (Wildman–Crippen MR) is 77.2 cm³/mol. The van der Waals surface area contributed by atoms with E-state index in [2.05, 4.69) is 6.92 Å². The molecule has 0 N–H and O–H groups in total. The lowest BCUT2D eigenvalue weighted by Crippen LogP contribution is -2.13. The first-order chi connectivity index (χ1) is 9.97. The summed E-state index contributed by atoms with van der Waals surface area (Å²) in [5, 5.41) is 0. The summed E-state index contributed by atoms with van der Waals surface area (Å²) in [7, 11) is 0. The number of rotatable bonds is 5. The molecule has 1 aromatic rings. The minimum Gasteiger partial charge on any atom is -0.494 e. The van der Waals surface area contributed by atoms with E-state index in [0.29, 0.717) is 13.0 Å². The van der Waals surface area contributed by atoms with E-state index in [-0.39, 0.29) is 18.2 Å². The second-order valence-corrected chi connectivity index (χ2v) is 4.97. The minimum absolute atomic E-state index is 0.124. The summed E-state index contributed by atoms with van der Waals surface area (Å²) in [5.41, 5.74) is 1.13. The van der Waals surface area contributed by atoms with Gasteiger partial charge in [0.05, 0.1) is 6.61 Å². The van der Waals surface area contributed by atoms with Gasteiger partial charge in [0.2, 0.25) is 0 Å². The van der Waals surface area contributed by atoms with Crippen molar-refractivity contribution < 1.29 is 8.85 Å². The van der Waals surface area contributed by atoms with Crippen molar-refractivity contribution in [1.82, 2.24) is 0 Å². The highest BCUT2D eigenvalue weighted by Crippen LogP contribution is 2.37. The summed E-state index contributed by atoms with van der Waals surface area (Å²) in [6.07, 6.45) is 1.53. The van der Waals surface area contributed by atoms with Gasteiger partial charge in [-0.1, -0.05) is 31.9 Å². The van der Waals surface area contributed by atoms with Crippen LogP contribution in [-0.4, -0.2) is 6.61 Å². The molecule has 18 heavy (non-hydrogen) atoms. The minimum atomic E-state index is -1.23. The highest BCUT2D eigenvalue weighted by atomic mass is 16.5. The number of hydrogen-bond donors (Lipinski definition) is 0.